The molecule has 0 saturated heterocycles. The summed E-state index contributed by atoms with van der Waals surface area (Å²) in [5.74, 6) is -1.83. The highest BCUT2D eigenvalue weighted by Gasteiger charge is 2.21. The lowest BCUT2D eigenvalue weighted by Gasteiger charge is -2.05. The Kier molecular flexibility index (Phi) is 3.21. The summed E-state index contributed by atoms with van der Waals surface area (Å²) >= 11 is 0. The molecule has 4 nitrogen and oxygen atoms in total. The highest BCUT2D eigenvalue weighted by atomic mass is 19.1. The van der Waals surface area contributed by atoms with Crippen LogP contribution in [0.5, 0.6) is 0 Å². The zero-order chi connectivity index (χ0) is 10.7. The fourth-order valence-corrected chi connectivity index (χ4v) is 1.02. The van der Waals surface area contributed by atoms with E-state index in [2.05, 4.69) is 4.74 Å². The molecule has 0 atom stereocenters. The van der Waals surface area contributed by atoms with Gasteiger partial charge in [0.1, 0.15) is 5.82 Å². The topological polar surface area (TPSA) is 66.8 Å². The van der Waals surface area contributed by atoms with Crippen molar-refractivity contribution in [3.8, 4) is 0 Å². The van der Waals surface area contributed by atoms with Crippen LogP contribution in [0.3, 0.4) is 0 Å². The Morgan fingerprint density at radius 2 is 2.14 bits per heavy atom. The van der Waals surface area contributed by atoms with Crippen molar-refractivity contribution in [2.24, 2.45) is 0 Å². The Bertz CT molecular complexity index is 353. The lowest BCUT2D eigenvalue weighted by atomic mass is 9.79. The molecule has 0 amide bonds. The van der Waals surface area contributed by atoms with Crippen molar-refractivity contribution in [2.75, 3.05) is 7.11 Å². The molecule has 2 N–H and O–H groups in total. The van der Waals surface area contributed by atoms with E-state index in [-0.39, 0.29) is 11.0 Å². The van der Waals surface area contributed by atoms with Gasteiger partial charge in [-0.3, -0.25) is 0 Å². The van der Waals surface area contributed by atoms with Crippen molar-refractivity contribution >= 4 is 18.6 Å². The first-order valence-corrected chi connectivity index (χ1v) is 3.80. The van der Waals surface area contributed by atoms with Gasteiger partial charge in [0, 0.05) is 5.46 Å². The quantitative estimate of drug-likeness (QED) is 0.486. The first-order chi connectivity index (χ1) is 6.57. The third-order valence-electron chi connectivity index (χ3n) is 1.71. The number of ether oxygens (including phenoxy) is 1. The van der Waals surface area contributed by atoms with E-state index in [0.29, 0.717) is 0 Å². The second kappa shape index (κ2) is 4.21. The van der Waals surface area contributed by atoms with Crippen molar-refractivity contribution in [1.29, 1.82) is 0 Å². The third kappa shape index (κ3) is 1.91. The molecule has 1 aromatic rings. The number of carbonyl (C=O) groups excluding carboxylic acids is 1. The van der Waals surface area contributed by atoms with Crippen LogP contribution in [0.25, 0.3) is 0 Å². The monoisotopic (exact) mass is 198 g/mol. The molecule has 74 valence electrons. The predicted molar refractivity (Wildman–Crippen MR) is 47.6 cm³/mol. The van der Waals surface area contributed by atoms with Gasteiger partial charge in [-0.15, -0.1) is 0 Å². The Balaban J connectivity index is 3.20. The molecule has 1 rings (SSSR count). The number of methoxy groups -OCH3 is 1. The molecule has 14 heavy (non-hydrogen) atoms. The van der Waals surface area contributed by atoms with Crippen LogP contribution in [-0.2, 0) is 4.74 Å². The average molecular weight is 198 g/mol. The lowest BCUT2D eigenvalue weighted by molar-refractivity contribution is 0.0596. The number of halogens is 1. The van der Waals surface area contributed by atoms with Gasteiger partial charge in [0.25, 0.3) is 0 Å². The highest BCUT2D eigenvalue weighted by Crippen LogP contribution is 2.06. The molecule has 0 unspecified atom stereocenters. The third-order valence-corrected chi connectivity index (χ3v) is 1.71. The number of esters is 1. The van der Waals surface area contributed by atoms with Crippen LogP contribution in [0.4, 0.5) is 4.39 Å². The maximum absolute atomic E-state index is 13.3. The van der Waals surface area contributed by atoms with E-state index in [1.165, 1.54) is 18.2 Å². The predicted octanol–water partition coefficient (Wildman–Crippen LogP) is -0.708. The van der Waals surface area contributed by atoms with E-state index in [0.717, 1.165) is 7.11 Å². The summed E-state index contributed by atoms with van der Waals surface area (Å²) in [5, 5.41) is 17.5. The van der Waals surface area contributed by atoms with Crippen LogP contribution < -0.4 is 5.46 Å². The number of rotatable bonds is 2. The van der Waals surface area contributed by atoms with Crippen LogP contribution in [0, 0.1) is 5.82 Å². The summed E-state index contributed by atoms with van der Waals surface area (Å²) in [6.45, 7) is 0. The maximum atomic E-state index is 13.3. The van der Waals surface area contributed by atoms with Crippen molar-refractivity contribution in [2.45, 2.75) is 0 Å². The Morgan fingerprint density at radius 1 is 1.50 bits per heavy atom. The largest absolute Gasteiger partial charge is 0.491 e. The van der Waals surface area contributed by atoms with Crippen molar-refractivity contribution in [1.82, 2.24) is 0 Å². The Hall–Kier alpha value is -1.40. The van der Waals surface area contributed by atoms with E-state index < -0.39 is 18.9 Å². The van der Waals surface area contributed by atoms with Crippen LogP contribution in [-0.4, -0.2) is 30.2 Å². The van der Waals surface area contributed by atoms with E-state index in [9.17, 15) is 9.18 Å². The summed E-state index contributed by atoms with van der Waals surface area (Å²) in [4.78, 5) is 11.0. The maximum Gasteiger partial charge on any atom is 0.491 e. The average Bonchev–Trinajstić information content (AvgIpc) is 2.16. The molecule has 0 spiro atoms. The van der Waals surface area contributed by atoms with E-state index in [1.54, 1.807) is 0 Å². The second-order valence-electron chi connectivity index (χ2n) is 2.57. The minimum absolute atomic E-state index is 0.321. The van der Waals surface area contributed by atoms with Gasteiger partial charge in [0.05, 0.1) is 12.7 Å². The van der Waals surface area contributed by atoms with E-state index in [1.807, 2.05) is 0 Å². The minimum Gasteiger partial charge on any atom is -0.465 e. The fourth-order valence-electron chi connectivity index (χ4n) is 1.02. The zero-order valence-corrected chi connectivity index (χ0v) is 7.40. The molecule has 0 saturated carbocycles. The Morgan fingerprint density at radius 3 is 2.64 bits per heavy atom. The van der Waals surface area contributed by atoms with Gasteiger partial charge in [0.15, 0.2) is 0 Å². The number of hydrogen-bond donors (Lipinski definition) is 2. The smallest absolute Gasteiger partial charge is 0.465 e. The first-order valence-electron chi connectivity index (χ1n) is 3.80. The SMILES string of the molecule is COC(=O)c1cccc(B(O)O)c1F. The summed E-state index contributed by atoms with van der Waals surface area (Å²) in [7, 11) is -0.830. The van der Waals surface area contributed by atoms with Crippen LogP contribution in [0.1, 0.15) is 10.4 Å². The summed E-state index contributed by atoms with van der Waals surface area (Å²) in [5.41, 5.74) is -0.675. The molecule has 0 radical (unpaired) electrons. The molecule has 0 aliphatic rings. The molecule has 6 heteroatoms. The molecule has 0 aliphatic carbocycles. The summed E-state index contributed by atoms with van der Waals surface area (Å²) in [6, 6.07) is 3.71. The van der Waals surface area contributed by atoms with Gasteiger partial charge in [0.2, 0.25) is 0 Å². The van der Waals surface area contributed by atoms with Crippen molar-refractivity contribution in [3.05, 3.63) is 29.6 Å². The van der Waals surface area contributed by atoms with Gasteiger partial charge in [-0.25, -0.2) is 9.18 Å². The van der Waals surface area contributed by atoms with Gasteiger partial charge in [-0.1, -0.05) is 12.1 Å². The standard InChI is InChI=1S/C8H8BFO4/c1-14-8(11)5-3-2-4-6(7(5)10)9(12)13/h2-4,12-13H,1H3. The van der Waals surface area contributed by atoms with Crippen LogP contribution >= 0.6 is 0 Å². The van der Waals surface area contributed by atoms with Gasteiger partial charge in [-0.2, -0.15) is 0 Å². The molecule has 0 fully saturated rings. The number of hydrogen-bond acceptors (Lipinski definition) is 4. The van der Waals surface area contributed by atoms with Gasteiger partial charge < -0.3 is 14.8 Å². The van der Waals surface area contributed by atoms with Crippen molar-refractivity contribution < 1.29 is 24.0 Å². The lowest BCUT2D eigenvalue weighted by Crippen LogP contribution is -2.34. The molecule has 0 aromatic heterocycles. The number of carbonyl (C=O) groups is 1. The van der Waals surface area contributed by atoms with Crippen LogP contribution in [0.15, 0.2) is 18.2 Å². The van der Waals surface area contributed by atoms with E-state index in [4.69, 9.17) is 10.0 Å². The molecule has 0 heterocycles. The van der Waals surface area contributed by atoms with E-state index >= 15 is 0 Å². The molecule has 0 bridgehead atoms. The van der Waals surface area contributed by atoms with Gasteiger partial charge in [-0.05, 0) is 6.07 Å². The molecular weight excluding hydrogens is 190 g/mol. The van der Waals surface area contributed by atoms with Crippen molar-refractivity contribution in [3.63, 3.8) is 0 Å². The summed E-state index contributed by atoms with van der Waals surface area (Å²) in [6.07, 6.45) is 0. The first kappa shape index (κ1) is 10.7. The second-order valence-corrected chi connectivity index (χ2v) is 2.57. The minimum atomic E-state index is -1.94. The zero-order valence-electron chi connectivity index (χ0n) is 7.40. The van der Waals surface area contributed by atoms with Gasteiger partial charge >= 0.3 is 13.1 Å². The molecule has 1 aromatic carbocycles. The van der Waals surface area contributed by atoms with Crippen LogP contribution in [0.2, 0.25) is 0 Å². The Labute approximate surface area is 80.1 Å². The highest BCUT2D eigenvalue weighted by molar-refractivity contribution is 6.58. The number of benzene rings is 1. The molecular formula is C8H8BFO4. The molecule has 0 aliphatic heterocycles. The fraction of sp³-hybridized carbons (Fsp3) is 0.125. The summed E-state index contributed by atoms with van der Waals surface area (Å²) < 4.78 is 17.6. The normalized spacial score (nSPS) is 9.71.